The predicted molar refractivity (Wildman–Crippen MR) is 66.8 cm³/mol. The van der Waals surface area contributed by atoms with Gasteiger partial charge in [-0.2, -0.15) is 5.10 Å². The van der Waals surface area contributed by atoms with Gasteiger partial charge in [-0.05, 0) is 6.42 Å². The molecule has 0 unspecified atom stereocenters. The fourth-order valence-corrected chi connectivity index (χ4v) is 1.79. The summed E-state index contributed by atoms with van der Waals surface area (Å²) in [5.74, 6) is -1.49. The molecule has 0 aliphatic carbocycles. The molecule has 0 saturated carbocycles. The van der Waals surface area contributed by atoms with Crippen LogP contribution >= 0.6 is 0 Å². The number of carboxylic acids is 1. The third-order valence-corrected chi connectivity index (χ3v) is 2.75. The first-order chi connectivity index (χ1) is 9.13. The van der Waals surface area contributed by atoms with Crippen molar-refractivity contribution in [1.82, 2.24) is 19.9 Å². The van der Waals surface area contributed by atoms with Crippen molar-refractivity contribution >= 4 is 17.4 Å². The molecule has 2 aromatic heterocycles. The normalized spacial score (nSPS) is 12.3. The maximum atomic E-state index is 12.1. The SMILES string of the molecule is CCC[C@H](NC(=O)c1cnn2ccncc12)C(=O)O. The van der Waals surface area contributed by atoms with Crippen LogP contribution < -0.4 is 5.32 Å². The average Bonchev–Trinajstić information content (AvgIpc) is 2.81. The summed E-state index contributed by atoms with van der Waals surface area (Å²) < 4.78 is 1.51. The van der Waals surface area contributed by atoms with E-state index in [9.17, 15) is 9.59 Å². The Morgan fingerprint density at radius 1 is 1.47 bits per heavy atom. The molecule has 2 heterocycles. The molecule has 0 fully saturated rings. The lowest BCUT2D eigenvalue weighted by Gasteiger charge is -2.12. The van der Waals surface area contributed by atoms with Gasteiger partial charge in [-0.1, -0.05) is 13.3 Å². The van der Waals surface area contributed by atoms with E-state index in [1.807, 2.05) is 6.92 Å². The van der Waals surface area contributed by atoms with E-state index >= 15 is 0 Å². The van der Waals surface area contributed by atoms with E-state index in [0.717, 1.165) is 0 Å². The van der Waals surface area contributed by atoms with Crippen LogP contribution in [0.4, 0.5) is 0 Å². The first-order valence-electron chi connectivity index (χ1n) is 5.94. The molecule has 0 aliphatic rings. The first-order valence-corrected chi connectivity index (χ1v) is 5.94. The van der Waals surface area contributed by atoms with Gasteiger partial charge in [0, 0.05) is 12.4 Å². The fourth-order valence-electron chi connectivity index (χ4n) is 1.79. The molecule has 0 saturated heterocycles. The maximum Gasteiger partial charge on any atom is 0.326 e. The Balaban J connectivity index is 2.22. The Hall–Kier alpha value is -2.44. The van der Waals surface area contributed by atoms with Crippen LogP contribution in [0, 0.1) is 0 Å². The summed E-state index contributed by atoms with van der Waals surface area (Å²) in [7, 11) is 0. The van der Waals surface area contributed by atoms with Crippen molar-refractivity contribution in [1.29, 1.82) is 0 Å². The molecule has 7 nitrogen and oxygen atoms in total. The molecular weight excluding hydrogens is 248 g/mol. The number of fused-ring (bicyclic) bond motifs is 1. The molecule has 2 N–H and O–H groups in total. The summed E-state index contributed by atoms with van der Waals surface area (Å²) in [4.78, 5) is 27.0. The summed E-state index contributed by atoms with van der Waals surface area (Å²) in [6.07, 6.45) is 7.15. The lowest BCUT2D eigenvalue weighted by Crippen LogP contribution is -2.40. The zero-order valence-electron chi connectivity index (χ0n) is 10.4. The van der Waals surface area contributed by atoms with Crippen molar-refractivity contribution < 1.29 is 14.7 Å². The van der Waals surface area contributed by atoms with Crippen molar-refractivity contribution in [2.24, 2.45) is 0 Å². The molecule has 1 amide bonds. The van der Waals surface area contributed by atoms with Crippen molar-refractivity contribution in [3.05, 3.63) is 30.4 Å². The van der Waals surface area contributed by atoms with Gasteiger partial charge in [-0.3, -0.25) is 9.78 Å². The highest BCUT2D eigenvalue weighted by Gasteiger charge is 2.21. The van der Waals surface area contributed by atoms with Crippen molar-refractivity contribution in [2.45, 2.75) is 25.8 Å². The summed E-state index contributed by atoms with van der Waals surface area (Å²) in [6.45, 7) is 1.86. The Labute approximate surface area is 109 Å². The molecule has 1 atom stereocenters. The molecule has 0 aromatic carbocycles. The van der Waals surface area contributed by atoms with E-state index in [0.29, 0.717) is 23.9 Å². The Morgan fingerprint density at radius 3 is 2.95 bits per heavy atom. The van der Waals surface area contributed by atoms with Gasteiger partial charge in [0.2, 0.25) is 0 Å². The van der Waals surface area contributed by atoms with Gasteiger partial charge in [0.1, 0.15) is 6.04 Å². The molecule has 100 valence electrons. The molecule has 0 aliphatic heterocycles. The highest BCUT2D eigenvalue weighted by Crippen LogP contribution is 2.09. The van der Waals surface area contributed by atoms with Crippen LogP contribution in [0.25, 0.3) is 5.52 Å². The molecule has 2 rings (SSSR count). The number of nitrogens with one attached hydrogen (secondary N) is 1. The molecule has 2 aromatic rings. The monoisotopic (exact) mass is 262 g/mol. The number of hydrogen-bond acceptors (Lipinski definition) is 4. The number of rotatable bonds is 5. The summed E-state index contributed by atoms with van der Waals surface area (Å²) in [5, 5.41) is 15.5. The van der Waals surface area contributed by atoms with Gasteiger partial charge >= 0.3 is 5.97 Å². The Kier molecular flexibility index (Phi) is 3.74. The highest BCUT2D eigenvalue weighted by molar-refractivity contribution is 6.01. The lowest BCUT2D eigenvalue weighted by molar-refractivity contribution is -0.139. The predicted octanol–water partition coefficient (Wildman–Crippen LogP) is 0.712. The van der Waals surface area contributed by atoms with Crippen molar-refractivity contribution in [2.75, 3.05) is 0 Å². The van der Waals surface area contributed by atoms with Crippen LogP contribution in [0.15, 0.2) is 24.8 Å². The number of hydrogen-bond donors (Lipinski definition) is 2. The molecule has 0 radical (unpaired) electrons. The second kappa shape index (κ2) is 5.47. The molecule has 19 heavy (non-hydrogen) atoms. The van der Waals surface area contributed by atoms with Gasteiger partial charge in [-0.25, -0.2) is 9.31 Å². The van der Waals surface area contributed by atoms with Gasteiger partial charge in [0.25, 0.3) is 5.91 Å². The second-order valence-electron chi connectivity index (χ2n) is 4.12. The minimum Gasteiger partial charge on any atom is -0.480 e. The number of aromatic nitrogens is 3. The van der Waals surface area contributed by atoms with E-state index in [1.165, 1.54) is 16.9 Å². The van der Waals surface area contributed by atoms with E-state index in [-0.39, 0.29) is 0 Å². The average molecular weight is 262 g/mol. The number of nitrogens with zero attached hydrogens (tertiary/aromatic N) is 3. The summed E-state index contributed by atoms with van der Waals surface area (Å²) >= 11 is 0. The van der Waals surface area contributed by atoms with Crippen LogP contribution in [0.1, 0.15) is 30.1 Å². The maximum absolute atomic E-state index is 12.1. The number of aliphatic carboxylic acids is 1. The number of amides is 1. The zero-order valence-corrected chi connectivity index (χ0v) is 10.4. The van der Waals surface area contributed by atoms with E-state index in [2.05, 4.69) is 15.4 Å². The topological polar surface area (TPSA) is 96.6 Å². The van der Waals surface area contributed by atoms with Crippen LogP contribution in [-0.4, -0.2) is 37.6 Å². The third-order valence-electron chi connectivity index (χ3n) is 2.75. The van der Waals surface area contributed by atoms with E-state index in [1.54, 1.807) is 12.4 Å². The quantitative estimate of drug-likeness (QED) is 0.827. The fraction of sp³-hybridized carbons (Fsp3) is 0.333. The standard InChI is InChI=1S/C12H14N4O3/c1-2-3-9(12(18)19)15-11(17)8-6-14-16-5-4-13-7-10(8)16/h4-7,9H,2-3H2,1H3,(H,15,17)(H,18,19)/t9-/m0/s1. The summed E-state index contributed by atoms with van der Waals surface area (Å²) in [5.41, 5.74) is 0.857. The minimum atomic E-state index is -1.04. The lowest BCUT2D eigenvalue weighted by atomic mass is 10.1. The molecular formula is C12H14N4O3. The minimum absolute atomic E-state index is 0.315. The largest absolute Gasteiger partial charge is 0.480 e. The Morgan fingerprint density at radius 2 is 2.26 bits per heavy atom. The van der Waals surface area contributed by atoms with E-state index < -0.39 is 17.9 Å². The number of carboxylic acid groups (broad SMARTS) is 1. The van der Waals surface area contributed by atoms with Crippen LogP contribution in [0.2, 0.25) is 0 Å². The van der Waals surface area contributed by atoms with Crippen molar-refractivity contribution in [3.8, 4) is 0 Å². The van der Waals surface area contributed by atoms with Crippen LogP contribution in [0.5, 0.6) is 0 Å². The summed E-state index contributed by atoms with van der Waals surface area (Å²) in [6, 6.07) is -0.885. The Bertz CT molecular complexity index is 608. The second-order valence-corrected chi connectivity index (χ2v) is 4.12. The van der Waals surface area contributed by atoms with Crippen LogP contribution in [-0.2, 0) is 4.79 Å². The van der Waals surface area contributed by atoms with Crippen molar-refractivity contribution in [3.63, 3.8) is 0 Å². The molecule has 0 bridgehead atoms. The van der Waals surface area contributed by atoms with Gasteiger partial charge < -0.3 is 10.4 Å². The third kappa shape index (κ3) is 2.70. The molecule has 0 spiro atoms. The zero-order chi connectivity index (χ0) is 13.8. The number of carbonyl (C=O) groups is 2. The number of carbonyl (C=O) groups excluding carboxylic acids is 1. The van der Waals surface area contributed by atoms with Gasteiger partial charge in [0.05, 0.1) is 23.5 Å². The highest BCUT2D eigenvalue weighted by atomic mass is 16.4. The van der Waals surface area contributed by atoms with Gasteiger partial charge in [0.15, 0.2) is 0 Å². The smallest absolute Gasteiger partial charge is 0.326 e. The first kappa shape index (κ1) is 13.0. The van der Waals surface area contributed by atoms with Gasteiger partial charge in [-0.15, -0.1) is 0 Å². The van der Waals surface area contributed by atoms with Crippen LogP contribution in [0.3, 0.4) is 0 Å². The van der Waals surface area contributed by atoms with E-state index in [4.69, 9.17) is 5.11 Å². The molecule has 7 heteroatoms.